The number of rotatable bonds is 7. The Morgan fingerprint density at radius 1 is 1.50 bits per heavy atom. The van der Waals surface area contributed by atoms with Gasteiger partial charge in [0.1, 0.15) is 6.07 Å². The molecule has 0 aliphatic heterocycles. The van der Waals surface area contributed by atoms with Gasteiger partial charge in [0.05, 0.1) is 13.2 Å². The van der Waals surface area contributed by atoms with Crippen LogP contribution in [-0.2, 0) is 9.47 Å². The monoisotopic (exact) mass is 201 g/mol. The lowest BCUT2D eigenvalue weighted by Crippen LogP contribution is -2.41. The zero-order chi connectivity index (χ0) is 11.0. The average Bonchev–Trinajstić information content (AvgIpc) is 2.16. The van der Waals surface area contributed by atoms with E-state index in [0.717, 1.165) is 0 Å². The topological polar surface area (TPSA) is 62.5 Å². The Balaban J connectivity index is 4.29. The van der Waals surface area contributed by atoms with Gasteiger partial charge in [-0.2, -0.15) is 5.26 Å². The van der Waals surface area contributed by atoms with Gasteiger partial charge in [0.2, 0.25) is 0 Å². The summed E-state index contributed by atoms with van der Waals surface area (Å²) in [5.41, 5.74) is -0.885. The number of nitriles is 1. The second kappa shape index (κ2) is 6.77. The van der Waals surface area contributed by atoms with Crippen LogP contribution >= 0.6 is 0 Å². The smallest absolute Gasteiger partial charge is 0.179 e. The molecule has 0 bridgehead atoms. The molecule has 0 saturated heterocycles. The van der Waals surface area contributed by atoms with Crippen molar-refractivity contribution in [2.24, 2.45) is 5.92 Å². The van der Waals surface area contributed by atoms with E-state index >= 15 is 0 Å². The Morgan fingerprint density at radius 2 is 2.14 bits per heavy atom. The molecule has 0 radical (unpaired) electrons. The van der Waals surface area contributed by atoms with Crippen molar-refractivity contribution in [3.8, 4) is 6.07 Å². The van der Waals surface area contributed by atoms with Crippen LogP contribution in [-0.4, -0.2) is 37.6 Å². The second-order valence-electron chi connectivity index (χ2n) is 3.51. The summed E-state index contributed by atoms with van der Waals surface area (Å²) >= 11 is 0. The van der Waals surface area contributed by atoms with Crippen LogP contribution in [0.25, 0.3) is 0 Å². The molecular formula is C10H19NO3. The molecule has 4 nitrogen and oxygen atoms in total. The van der Waals surface area contributed by atoms with Crippen molar-refractivity contribution in [2.45, 2.75) is 25.9 Å². The third-order valence-corrected chi connectivity index (χ3v) is 2.14. The zero-order valence-electron chi connectivity index (χ0n) is 9.12. The molecule has 0 aromatic heterocycles. The molecule has 1 N–H and O–H groups in total. The molecule has 0 fully saturated rings. The van der Waals surface area contributed by atoms with Gasteiger partial charge in [-0.25, -0.2) is 0 Å². The summed E-state index contributed by atoms with van der Waals surface area (Å²) in [6.45, 7) is 4.55. The molecule has 1 unspecified atom stereocenters. The number of hydrogen-bond acceptors (Lipinski definition) is 4. The van der Waals surface area contributed by atoms with Crippen LogP contribution in [0, 0.1) is 17.2 Å². The first kappa shape index (κ1) is 13.4. The van der Waals surface area contributed by atoms with Crippen molar-refractivity contribution in [1.82, 2.24) is 0 Å². The fourth-order valence-electron chi connectivity index (χ4n) is 1.10. The largest absolute Gasteiger partial charge is 0.396 e. The first-order valence-electron chi connectivity index (χ1n) is 4.78. The molecule has 0 aromatic rings. The minimum atomic E-state index is -0.885. The van der Waals surface area contributed by atoms with Gasteiger partial charge in [0.25, 0.3) is 0 Å². The molecule has 0 spiro atoms. The van der Waals surface area contributed by atoms with Gasteiger partial charge in [-0.3, -0.25) is 0 Å². The maximum absolute atomic E-state index is 9.06. The molecule has 0 aliphatic rings. The minimum absolute atomic E-state index is 0.0612. The molecular weight excluding hydrogens is 182 g/mol. The van der Waals surface area contributed by atoms with Gasteiger partial charge in [-0.15, -0.1) is 0 Å². The Hall–Kier alpha value is -0.630. The summed E-state index contributed by atoms with van der Waals surface area (Å²) in [6.07, 6.45) is 0.542. The quantitative estimate of drug-likeness (QED) is 0.623. The van der Waals surface area contributed by atoms with Crippen LogP contribution < -0.4 is 0 Å². The van der Waals surface area contributed by atoms with Crippen molar-refractivity contribution < 1.29 is 14.6 Å². The Kier molecular flexibility index (Phi) is 6.46. The van der Waals surface area contributed by atoms with Crippen molar-refractivity contribution >= 4 is 0 Å². The summed E-state index contributed by atoms with van der Waals surface area (Å²) in [5.74, 6) is 0.0612. The summed E-state index contributed by atoms with van der Waals surface area (Å²) in [5, 5.41) is 17.7. The van der Waals surface area contributed by atoms with Crippen LogP contribution in [0.5, 0.6) is 0 Å². The summed E-state index contributed by atoms with van der Waals surface area (Å²) < 4.78 is 10.5. The van der Waals surface area contributed by atoms with E-state index in [1.807, 2.05) is 13.8 Å². The number of hydrogen-bond donors (Lipinski definition) is 1. The van der Waals surface area contributed by atoms with E-state index in [0.29, 0.717) is 13.0 Å². The van der Waals surface area contributed by atoms with E-state index in [1.165, 1.54) is 0 Å². The third-order valence-electron chi connectivity index (χ3n) is 2.14. The second-order valence-corrected chi connectivity index (χ2v) is 3.51. The summed E-state index contributed by atoms with van der Waals surface area (Å²) in [7, 11) is 1.55. The average molecular weight is 201 g/mol. The summed E-state index contributed by atoms with van der Waals surface area (Å²) in [4.78, 5) is 0. The van der Waals surface area contributed by atoms with Crippen LogP contribution in [0.4, 0.5) is 0 Å². The highest BCUT2D eigenvalue weighted by molar-refractivity contribution is 5.04. The lowest BCUT2D eigenvalue weighted by atomic mass is 9.92. The van der Waals surface area contributed by atoms with E-state index < -0.39 is 5.60 Å². The van der Waals surface area contributed by atoms with E-state index in [1.54, 1.807) is 7.11 Å². The predicted molar refractivity (Wildman–Crippen MR) is 52.7 cm³/mol. The molecule has 0 aliphatic carbocycles. The molecule has 4 heteroatoms. The van der Waals surface area contributed by atoms with Crippen molar-refractivity contribution in [3.63, 3.8) is 0 Å². The van der Waals surface area contributed by atoms with Crippen LogP contribution in [0.2, 0.25) is 0 Å². The molecule has 14 heavy (non-hydrogen) atoms. The number of ether oxygens (including phenoxy) is 2. The number of methoxy groups -OCH3 is 1. The predicted octanol–water partition coefficient (Wildman–Crippen LogP) is 0.950. The number of aliphatic hydroxyl groups is 1. The van der Waals surface area contributed by atoms with Crippen molar-refractivity contribution in [1.29, 1.82) is 5.26 Å². The fraction of sp³-hybridized carbons (Fsp3) is 0.900. The van der Waals surface area contributed by atoms with Gasteiger partial charge >= 0.3 is 0 Å². The molecule has 0 saturated carbocycles. The van der Waals surface area contributed by atoms with Crippen LogP contribution in [0.15, 0.2) is 0 Å². The number of nitrogens with zero attached hydrogens (tertiary/aromatic N) is 1. The highest BCUT2D eigenvalue weighted by atomic mass is 16.5. The zero-order valence-corrected chi connectivity index (χ0v) is 9.12. The van der Waals surface area contributed by atoms with Crippen LogP contribution in [0.1, 0.15) is 20.3 Å². The SMILES string of the molecule is COCC(C#N)(OCCCO)C(C)C. The van der Waals surface area contributed by atoms with Gasteiger partial charge in [0, 0.05) is 13.7 Å². The van der Waals surface area contributed by atoms with Gasteiger partial charge in [-0.1, -0.05) is 13.8 Å². The van der Waals surface area contributed by atoms with Crippen molar-refractivity contribution in [3.05, 3.63) is 0 Å². The molecule has 0 aromatic carbocycles. The first-order valence-corrected chi connectivity index (χ1v) is 4.78. The Bertz CT molecular complexity index is 188. The van der Waals surface area contributed by atoms with Gasteiger partial charge in [-0.05, 0) is 12.3 Å². The third kappa shape index (κ3) is 3.62. The maximum atomic E-state index is 9.06. The van der Waals surface area contributed by atoms with E-state index in [2.05, 4.69) is 6.07 Å². The fourth-order valence-corrected chi connectivity index (χ4v) is 1.10. The molecule has 1 atom stereocenters. The minimum Gasteiger partial charge on any atom is -0.396 e. The Morgan fingerprint density at radius 3 is 2.50 bits per heavy atom. The molecule has 0 amide bonds. The Labute approximate surface area is 85.4 Å². The molecule has 82 valence electrons. The lowest BCUT2D eigenvalue weighted by Gasteiger charge is -2.29. The molecule has 0 heterocycles. The van der Waals surface area contributed by atoms with E-state index in [9.17, 15) is 0 Å². The van der Waals surface area contributed by atoms with Crippen molar-refractivity contribution in [2.75, 3.05) is 26.9 Å². The maximum Gasteiger partial charge on any atom is 0.179 e. The van der Waals surface area contributed by atoms with E-state index in [4.69, 9.17) is 19.8 Å². The highest BCUT2D eigenvalue weighted by Crippen LogP contribution is 2.21. The normalized spacial score (nSPS) is 15.1. The highest BCUT2D eigenvalue weighted by Gasteiger charge is 2.34. The first-order chi connectivity index (χ1) is 6.63. The lowest BCUT2D eigenvalue weighted by molar-refractivity contribution is -0.0811. The van der Waals surface area contributed by atoms with Gasteiger partial charge in [0.15, 0.2) is 5.60 Å². The van der Waals surface area contributed by atoms with E-state index in [-0.39, 0.29) is 19.1 Å². The number of aliphatic hydroxyl groups excluding tert-OH is 1. The van der Waals surface area contributed by atoms with Gasteiger partial charge < -0.3 is 14.6 Å². The standard InChI is InChI=1S/C10H19NO3/c1-9(2)10(7-11,8-13-3)14-6-4-5-12/h9,12H,4-6,8H2,1-3H3. The molecule has 0 rings (SSSR count). The van der Waals surface area contributed by atoms with Crippen LogP contribution in [0.3, 0.4) is 0 Å². The summed E-state index contributed by atoms with van der Waals surface area (Å²) in [6, 6.07) is 2.15.